The van der Waals surface area contributed by atoms with E-state index in [9.17, 15) is 14.4 Å². The van der Waals surface area contributed by atoms with Gasteiger partial charge in [-0.3, -0.25) is 9.63 Å². The Bertz CT molecular complexity index is 1240. The number of rotatable bonds is 11. The Kier molecular flexibility index (Phi) is 8.73. The fourth-order valence-corrected chi connectivity index (χ4v) is 4.32. The molecule has 0 bridgehead atoms. The van der Waals surface area contributed by atoms with Gasteiger partial charge >= 0.3 is 12.1 Å². The number of benzene rings is 3. The smallest absolute Gasteiger partial charge is 0.407 e. The normalized spacial score (nSPS) is 14.5. The van der Waals surface area contributed by atoms with Gasteiger partial charge in [-0.25, -0.2) is 15.1 Å². The molecule has 3 aromatic carbocycles. The monoisotopic (exact) mass is 518 g/mol. The fraction of sp³-hybridized carbons (Fsp3) is 0.276. The van der Waals surface area contributed by atoms with E-state index in [0.717, 1.165) is 27.8 Å². The summed E-state index contributed by atoms with van der Waals surface area (Å²) in [4.78, 5) is 41.7. The third-order valence-electron chi connectivity index (χ3n) is 6.41. The molecule has 0 aromatic heterocycles. The second kappa shape index (κ2) is 12.4. The van der Waals surface area contributed by atoms with Gasteiger partial charge in [0.1, 0.15) is 12.6 Å². The number of hydrogen-bond donors (Lipinski definition) is 3. The third kappa shape index (κ3) is 6.37. The summed E-state index contributed by atoms with van der Waals surface area (Å²) in [5, 5.41) is 11.6. The minimum atomic E-state index is -1.28. The van der Waals surface area contributed by atoms with Gasteiger partial charge in [0.15, 0.2) is 6.10 Å². The predicted molar refractivity (Wildman–Crippen MR) is 139 cm³/mol. The number of nitrogens with one attached hydrogen (secondary N) is 2. The van der Waals surface area contributed by atoms with Gasteiger partial charge in [-0.2, -0.15) is 0 Å². The Morgan fingerprint density at radius 2 is 1.45 bits per heavy atom. The Labute approximate surface area is 220 Å². The van der Waals surface area contributed by atoms with Crippen molar-refractivity contribution in [3.63, 3.8) is 0 Å². The number of aliphatic carboxylic acids is 1. The van der Waals surface area contributed by atoms with E-state index in [1.807, 2.05) is 78.9 Å². The Hall–Kier alpha value is -4.21. The lowest BCUT2D eigenvalue weighted by Gasteiger charge is -2.25. The maximum absolute atomic E-state index is 12.9. The molecule has 0 saturated carbocycles. The van der Waals surface area contributed by atoms with E-state index in [2.05, 4.69) is 10.8 Å². The number of carbonyl (C=O) groups excluding carboxylic acids is 2. The molecule has 3 N–H and O–H groups in total. The SMILES string of the molecule is CC(ONC(=O)C(NC(=O)OCC1c2ccccc2-c2ccccc21)C(C)OCc1ccccc1)C(=O)O. The molecule has 38 heavy (non-hydrogen) atoms. The van der Waals surface area contributed by atoms with Crippen molar-refractivity contribution in [3.8, 4) is 11.1 Å². The summed E-state index contributed by atoms with van der Waals surface area (Å²) in [6.45, 7) is 3.16. The first-order chi connectivity index (χ1) is 18.3. The molecular formula is C29H30N2O7. The number of carboxylic acid groups (broad SMARTS) is 1. The molecule has 0 radical (unpaired) electrons. The standard InChI is InChI=1S/C29H30N2O7/c1-18(36-16-20-10-4-3-5-11-20)26(27(32)31-38-19(2)28(33)34)30-29(35)37-17-25-23-14-8-6-12-21(23)22-13-7-9-15-24(22)25/h3-15,18-19,25-26H,16-17H2,1-2H3,(H,30,35)(H,31,32)(H,33,34). The van der Waals surface area contributed by atoms with Crippen LogP contribution in [0.4, 0.5) is 4.79 Å². The van der Waals surface area contributed by atoms with Crippen molar-refractivity contribution in [2.45, 2.75) is 44.6 Å². The minimum absolute atomic E-state index is 0.0694. The van der Waals surface area contributed by atoms with E-state index in [4.69, 9.17) is 19.4 Å². The highest BCUT2D eigenvalue weighted by Crippen LogP contribution is 2.44. The lowest BCUT2D eigenvalue weighted by Crippen LogP contribution is -2.54. The maximum atomic E-state index is 12.9. The fourth-order valence-electron chi connectivity index (χ4n) is 4.32. The van der Waals surface area contributed by atoms with Crippen LogP contribution in [0.25, 0.3) is 11.1 Å². The summed E-state index contributed by atoms with van der Waals surface area (Å²) in [5.74, 6) is -2.17. The molecule has 0 saturated heterocycles. The van der Waals surface area contributed by atoms with Gasteiger partial charge in [-0.05, 0) is 41.7 Å². The zero-order chi connectivity index (χ0) is 27.1. The van der Waals surface area contributed by atoms with Crippen LogP contribution in [0.3, 0.4) is 0 Å². The Morgan fingerprint density at radius 1 is 0.868 bits per heavy atom. The summed E-state index contributed by atoms with van der Waals surface area (Å²) >= 11 is 0. The van der Waals surface area contributed by atoms with E-state index in [1.54, 1.807) is 6.92 Å². The number of ether oxygens (including phenoxy) is 2. The van der Waals surface area contributed by atoms with E-state index in [-0.39, 0.29) is 19.1 Å². The van der Waals surface area contributed by atoms with Crippen molar-refractivity contribution in [3.05, 3.63) is 95.6 Å². The average Bonchev–Trinajstić information content (AvgIpc) is 3.26. The number of carbonyl (C=O) groups is 3. The molecule has 3 atom stereocenters. The molecule has 1 aliphatic carbocycles. The quantitative estimate of drug-likeness (QED) is 0.328. The van der Waals surface area contributed by atoms with Crippen LogP contribution in [0, 0.1) is 0 Å². The average molecular weight is 519 g/mol. The molecule has 9 nitrogen and oxygen atoms in total. The Morgan fingerprint density at radius 3 is 2.05 bits per heavy atom. The van der Waals surface area contributed by atoms with Crippen molar-refractivity contribution >= 4 is 18.0 Å². The van der Waals surface area contributed by atoms with Crippen LogP contribution in [-0.4, -0.2) is 47.9 Å². The second-order valence-electron chi connectivity index (χ2n) is 9.01. The molecule has 3 unspecified atom stereocenters. The van der Waals surface area contributed by atoms with Crippen LogP contribution >= 0.6 is 0 Å². The topological polar surface area (TPSA) is 123 Å². The molecule has 9 heteroatoms. The van der Waals surface area contributed by atoms with Crippen LogP contribution in [-0.2, 0) is 30.5 Å². The van der Waals surface area contributed by atoms with Crippen LogP contribution in [0.5, 0.6) is 0 Å². The van der Waals surface area contributed by atoms with Gasteiger partial charge in [0.2, 0.25) is 0 Å². The van der Waals surface area contributed by atoms with Crippen LogP contribution in [0.2, 0.25) is 0 Å². The Balaban J connectivity index is 1.42. The summed E-state index contributed by atoms with van der Waals surface area (Å²) < 4.78 is 11.4. The highest BCUT2D eigenvalue weighted by atomic mass is 16.7. The molecule has 0 fully saturated rings. The third-order valence-corrected chi connectivity index (χ3v) is 6.41. The van der Waals surface area contributed by atoms with Crippen LogP contribution < -0.4 is 10.8 Å². The van der Waals surface area contributed by atoms with E-state index >= 15 is 0 Å². The van der Waals surface area contributed by atoms with E-state index in [1.165, 1.54) is 6.92 Å². The largest absolute Gasteiger partial charge is 0.479 e. The number of amides is 2. The molecule has 0 spiro atoms. The second-order valence-corrected chi connectivity index (χ2v) is 9.01. The van der Waals surface area contributed by atoms with Crippen LogP contribution in [0.15, 0.2) is 78.9 Å². The van der Waals surface area contributed by atoms with Crippen molar-refractivity contribution in [2.75, 3.05) is 6.61 Å². The zero-order valence-corrected chi connectivity index (χ0v) is 21.1. The molecule has 0 aliphatic heterocycles. The first-order valence-corrected chi connectivity index (χ1v) is 12.3. The van der Waals surface area contributed by atoms with Gasteiger partial charge in [0.25, 0.3) is 5.91 Å². The zero-order valence-electron chi connectivity index (χ0n) is 21.1. The molecule has 198 valence electrons. The molecule has 1 aliphatic rings. The van der Waals surface area contributed by atoms with Crippen LogP contribution in [0.1, 0.15) is 36.5 Å². The lowest BCUT2D eigenvalue weighted by atomic mass is 9.98. The van der Waals surface area contributed by atoms with Crippen molar-refractivity contribution in [1.29, 1.82) is 0 Å². The molecule has 2 amide bonds. The van der Waals surface area contributed by atoms with Crippen molar-refractivity contribution in [1.82, 2.24) is 10.8 Å². The lowest BCUT2D eigenvalue weighted by molar-refractivity contribution is -0.160. The first-order valence-electron chi connectivity index (χ1n) is 12.3. The van der Waals surface area contributed by atoms with Crippen molar-refractivity contribution in [2.24, 2.45) is 0 Å². The first kappa shape index (κ1) is 26.8. The summed E-state index contributed by atoms with van der Waals surface area (Å²) in [6, 6.07) is 24.1. The number of fused-ring (bicyclic) bond motifs is 3. The van der Waals surface area contributed by atoms with Crippen molar-refractivity contribution < 1.29 is 33.8 Å². The van der Waals surface area contributed by atoms with E-state index in [0.29, 0.717) is 0 Å². The van der Waals surface area contributed by atoms with Gasteiger partial charge in [-0.1, -0.05) is 78.9 Å². The number of hydrogen-bond acceptors (Lipinski definition) is 6. The minimum Gasteiger partial charge on any atom is -0.479 e. The van der Waals surface area contributed by atoms with Gasteiger partial charge in [-0.15, -0.1) is 0 Å². The predicted octanol–water partition coefficient (Wildman–Crippen LogP) is 4.02. The number of hydroxylamine groups is 1. The molecule has 3 aromatic rings. The van der Waals surface area contributed by atoms with Gasteiger partial charge < -0.3 is 19.9 Å². The maximum Gasteiger partial charge on any atom is 0.407 e. The molecular weight excluding hydrogens is 488 g/mol. The van der Waals surface area contributed by atoms with Gasteiger partial charge in [0.05, 0.1) is 12.7 Å². The molecule has 4 rings (SSSR count). The summed E-state index contributed by atoms with van der Waals surface area (Å²) in [5.41, 5.74) is 7.31. The highest BCUT2D eigenvalue weighted by Gasteiger charge is 2.32. The highest BCUT2D eigenvalue weighted by molar-refractivity contribution is 5.86. The van der Waals surface area contributed by atoms with E-state index < -0.39 is 36.2 Å². The van der Waals surface area contributed by atoms with Gasteiger partial charge in [0, 0.05) is 5.92 Å². The number of alkyl carbamates (subject to hydrolysis) is 1. The number of carboxylic acids is 1. The summed E-state index contributed by atoms with van der Waals surface area (Å²) in [6.07, 6.45) is -2.89. The molecule has 0 heterocycles. The summed E-state index contributed by atoms with van der Waals surface area (Å²) in [7, 11) is 0.